The van der Waals surface area contributed by atoms with Gasteiger partial charge in [0.2, 0.25) is 0 Å². The molecule has 1 aliphatic carbocycles. The minimum atomic E-state index is 0.292. The van der Waals surface area contributed by atoms with Gasteiger partial charge < -0.3 is 10.1 Å². The van der Waals surface area contributed by atoms with Gasteiger partial charge in [0.1, 0.15) is 11.3 Å². The summed E-state index contributed by atoms with van der Waals surface area (Å²) in [5.41, 5.74) is 3.33. The Bertz CT molecular complexity index is 1140. The van der Waals surface area contributed by atoms with E-state index >= 15 is 0 Å². The number of halogens is 1. The molecule has 1 fully saturated rings. The van der Waals surface area contributed by atoms with Gasteiger partial charge in [-0.05, 0) is 43.2 Å². The Morgan fingerprint density at radius 2 is 2.00 bits per heavy atom. The van der Waals surface area contributed by atoms with Gasteiger partial charge in [-0.2, -0.15) is 4.98 Å². The SMILES string of the molecule is COc1nc2cccnc2n1[C@H]1C[C@H](Nc2cnc3ccc(Cl)cc3n2)C1. The fourth-order valence-corrected chi connectivity index (χ4v) is 3.73. The first-order chi connectivity index (χ1) is 13.2. The molecular formula is C19H17ClN6O. The molecule has 0 spiro atoms. The number of benzene rings is 1. The highest BCUT2D eigenvalue weighted by Crippen LogP contribution is 2.39. The van der Waals surface area contributed by atoms with Crippen molar-refractivity contribution < 1.29 is 4.74 Å². The molecule has 3 heterocycles. The third-order valence-electron chi connectivity index (χ3n) is 4.93. The van der Waals surface area contributed by atoms with Crippen LogP contribution < -0.4 is 10.1 Å². The van der Waals surface area contributed by atoms with Gasteiger partial charge in [-0.3, -0.25) is 9.55 Å². The van der Waals surface area contributed by atoms with Crippen LogP contribution in [0.5, 0.6) is 6.01 Å². The van der Waals surface area contributed by atoms with Gasteiger partial charge in [0.15, 0.2) is 5.65 Å². The number of hydrogen-bond donors (Lipinski definition) is 1. The normalized spacial score (nSPS) is 19.2. The monoisotopic (exact) mass is 380 g/mol. The molecule has 3 aromatic heterocycles. The maximum atomic E-state index is 6.05. The third kappa shape index (κ3) is 2.84. The van der Waals surface area contributed by atoms with E-state index in [-0.39, 0.29) is 0 Å². The number of imidazole rings is 1. The molecule has 5 rings (SSSR count). The lowest BCUT2D eigenvalue weighted by atomic mass is 9.86. The molecule has 136 valence electrons. The van der Waals surface area contributed by atoms with Crippen LogP contribution in [0.3, 0.4) is 0 Å². The summed E-state index contributed by atoms with van der Waals surface area (Å²) in [6, 6.07) is 10.6. The number of anilines is 1. The topological polar surface area (TPSA) is 77.8 Å². The van der Waals surface area contributed by atoms with E-state index in [4.69, 9.17) is 16.3 Å². The summed E-state index contributed by atoms with van der Waals surface area (Å²) in [5, 5.41) is 4.11. The zero-order chi connectivity index (χ0) is 18.4. The van der Waals surface area contributed by atoms with Crippen molar-refractivity contribution >= 4 is 39.6 Å². The quantitative estimate of drug-likeness (QED) is 0.579. The number of hydrogen-bond acceptors (Lipinski definition) is 6. The Morgan fingerprint density at radius 1 is 1.11 bits per heavy atom. The molecule has 1 saturated carbocycles. The minimum Gasteiger partial charge on any atom is -0.468 e. The number of aromatic nitrogens is 5. The molecule has 27 heavy (non-hydrogen) atoms. The zero-order valence-corrected chi connectivity index (χ0v) is 15.4. The van der Waals surface area contributed by atoms with Gasteiger partial charge in [0.25, 0.3) is 6.01 Å². The number of fused-ring (bicyclic) bond motifs is 2. The smallest absolute Gasteiger partial charge is 0.298 e. The molecule has 7 nitrogen and oxygen atoms in total. The zero-order valence-electron chi connectivity index (χ0n) is 14.6. The van der Waals surface area contributed by atoms with E-state index in [1.807, 2.05) is 30.3 Å². The first-order valence-electron chi connectivity index (χ1n) is 8.77. The molecular weight excluding hydrogens is 364 g/mol. The van der Waals surface area contributed by atoms with Crippen molar-refractivity contribution in [2.75, 3.05) is 12.4 Å². The summed E-state index contributed by atoms with van der Waals surface area (Å²) < 4.78 is 7.54. The Kier molecular flexibility index (Phi) is 3.82. The van der Waals surface area contributed by atoms with Crippen molar-refractivity contribution in [3.8, 4) is 6.01 Å². The van der Waals surface area contributed by atoms with Crippen LogP contribution in [0.15, 0.2) is 42.7 Å². The maximum absolute atomic E-state index is 6.05. The molecule has 0 aliphatic heterocycles. The lowest BCUT2D eigenvalue weighted by Crippen LogP contribution is -2.37. The van der Waals surface area contributed by atoms with Gasteiger partial charge in [-0.15, -0.1) is 0 Å². The Morgan fingerprint density at radius 3 is 2.85 bits per heavy atom. The fourth-order valence-electron chi connectivity index (χ4n) is 3.56. The van der Waals surface area contributed by atoms with Crippen molar-refractivity contribution in [1.29, 1.82) is 0 Å². The van der Waals surface area contributed by atoms with Crippen LogP contribution in [0.4, 0.5) is 5.82 Å². The van der Waals surface area contributed by atoms with Crippen LogP contribution in [0.2, 0.25) is 5.02 Å². The molecule has 0 saturated heterocycles. The predicted molar refractivity (Wildman–Crippen MR) is 104 cm³/mol. The molecule has 8 heteroatoms. The number of methoxy groups -OCH3 is 1. The van der Waals surface area contributed by atoms with Crippen LogP contribution in [0, 0.1) is 0 Å². The first-order valence-corrected chi connectivity index (χ1v) is 9.15. The number of pyridine rings is 1. The van der Waals surface area contributed by atoms with Crippen LogP contribution in [-0.4, -0.2) is 37.7 Å². The number of nitrogens with zero attached hydrogens (tertiary/aromatic N) is 5. The Hall–Kier alpha value is -2.93. The average Bonchev–Trinajstić information content (AvgIpc) is 3.02. The highest BCUT2D eigenvalue weighted by molar-refractivity contribution is 6.31. The number of ether oxygens (including phenoxy) is 1. The summed E-state index contributed by atoms with van der Waals surface area (Å²) in [6.07, 6.45) is 5.42. The highest BCUT2D eigenvalue weighted by atomic mass is 35.5. The van der Waals surface area contributed by atoms with Gasteiger partial charge in [-0.1, -0.05) is 11.6 Å². The molecule has 0 atom stereocenters. The van der Waals surface area contributed by atoms with Gasteiger partial charge in [-0.25, -0.2) is 9.97 Å². The van der Waals surface area contributed by atoms with Crippen molar-refractivity contribution in [2.45, 2.75) is 24.9 Å². The standard InChI is InChI=1S/C19H17ClN6O/c1-27-19-25-15-3-2-6-21-18(15)26(19)13-8-12(9-13)23-17-10-22-14-5-4-11(20)7-16(14)24-17/h2-7,10,12-13H,8-9H2,1H3,(H,23,24)/t12-,13-. The van der Waals surface area contributed by atoms with E-state index in [2.05, 4.69) is 29.8 Å². The molecule has 4 aromatic rings. The van der Waals surface area contributed by atoms with E-state index in [9.17, 15) is 0 Å². The summed E-state index contributed by atoms with van der Waals surface area (Å²) in [5.74, 6) is 0.758. The van der Waals surface area contributed by atoms with Gasteiger partial charge in [0.05, 0.1) is 24.3 Å². The molecule has 0 amide bonds. The molecule has 1 aliphatic rings. The van der Waals surface area contributed by atoms with Crippen molar-refractivity contribution in [2.24, 2.45) is 0 Å². The summed E-state index contributed by atoms with van der Waals surface area (Å²) >= 11 is 6.05. The molecule has 1 N–H and O–H groups in total. The van der Waals surface area contributed by atoms with Crippen LogP contribution in [0.25, 0.3) is 22.2 Å². The fraction of sp³-hybridized carbons (Fsp3) is 0.263. The van der Waals surface area contributed by atoms with Crippen LogP contribution in [0.1, 0.15) is 18.9 Å². The maximum Gasteiger partial charge on any atom is 0.298 e. The van der Waals surface area contributed by atoms with Gasteiger partial charge in [0, 0.05) is 23.3 Å². The molecule has 1 aromatic carbocycles. The lowest BCUT2D eigenvalue weighted by molar-refractivity contribution is 0.252. The lowest BCUT2D eigenvalue weighted by Gasteiger charge is -2.37. The second kappa shape index (κ2) is 6.35. The highest BCUT2D eigenvalue weighted by Gasteiger charge is 2.34. The predicted octanol–water partition coefficient (Wildman–Crippen LogP) is 3.85. The van der Waals surface area contributed by atoms with E-state index in [0.29, 0.717) is 23.1 Å². The first kappa shape index (κ1) is 16.3. The molecule has 0 unspecified atom stereocenters. The van der Waals surface area contributed by atoms with E-state index in [0.717, 1.165) is 40.9 Å². The Labute approximate surface area is 160 Å². The average molecular weight is 381 g/mol. The van der Waals surface area contributed by atoms with Crippen molar-refractivity contribution in [3.63, 3.8) is 0 Å². The van der Waals surface area contributed by atoms with Crippen molar-refractivity contribution in [1.82, 2.24) is 24.5 Å². The number of nitrogens with one attached hydrogen (secondary N) is 1. The number of rotatable bonds is 4. The van der Waals surface area contributed by atoms with Crippen molar-refractivity contribution in [3.05, 3.63) is 47.7 Å². The summed E-state index contributed by atoms with van der Waals surface area (Å²) in [6.45, 7) is 0. The van der Waals surface area contributed by atoms with Gasteiger partial charge >= 0.3 is 0 Å². The minimum absolute atomic E-state index is 0.292. The Balaban J connectivity index is 1.34. The summed E-state index contributed by atoms with van der Waals surface area (Å²) in [4.78, 5) is 18.0. The van der Waals surface area contributed by atoms with E-state index in [1.165, 1.54) is 0 Å². The van der Waals surface area contributed by atoms with Crippen LogP contribution in [-0.2, 0) is 0 Å². The summed E-state index contributed by atoms with van der Waals surface area (Å²) in [7, 11) is 1.64. The van der Waals surface area contributed by atoms with Crippen LogP contribution >= 0.6 is 11.6 Å². The second-order valence-electron chi connectivity index (χ2n) is 6.67. The van der Waals surface area contributed by atoms with E-state index < -0.39 is 0 Å². The molecule has 0 radical (unpaired) electrons. The van der Waals surface area contributed by atoms with E-state index in [1.54, 1.807) is 19.5 Å². The second-order valence-corrected chi connectivity index (χ2v) is 7.11. The third-order valence-corrected chi connectivity index (χ3v) is 5.17. The largest absolute Gasteiger partial charge is 0.468 e. The molecule has 0 bridgehead atoms.